The number of fused-ring (bicyclic) bond motifs is 1. The molecule has 0 N–H and O–H groups in total. The van der Waals surface area contributed by atoms with Crippen molar-refractivity contribution < 1.29 is 4.39 Å². The summed E-state index contributed by atoms with van der Waals surface area (Å²) in [5.74, 6) is -0.213. The van der Waals surface area contributed by atoms with Gasteiger partial charge in [-0.05, 0) is 43.2 Å². The second-order valence-corrected chi connectivity index (χ2v) is 4.76. The van der Waals surface area contributed by atoms with Crippen molar-refractivity contribution in [2.24, 2.45) is 0 Å². The normalized spacial score (nSPS) is 11.1. The Balaban J connectivity index is 2.07. The Morgan fingerprint density at radius 3 is 2.63 bits per heavy atom. The fraction of sp³-hybridized carbons (Fsp3) is 0.200. The molecule has 0 spiro atoms. The zero-order chi connectivity index (χ0) is 13.4. The zero-order valence-corrected chi connectivity index (χ0v) is 10.9. The van der Waals surface area contributed by atoms with E-state index >= 15 is 0 Å². The van der Waals surface area contributed by atoms with Crippen molar-refractivity contribution >= 4 is 11.0 Å². The smallest absolute Gasteiger partial charge is 0.128 e. The molecule has 0 fully saturated rings. The van der Waals surface area contributed by atoms with Crippen molar-refractivity contribution in [1.29, 1.82) is 0 Å². The molecule has 0 atom stereocenters. The Morgan fingerprint density at radius 2 is 1.84 bits per heavy atom. The summed E-state index contributed by atoms with van der Waals surface area (Å²) in [6.07, 6.45) is 0. The highest BCUT2D eigenvalue weighted by Crippen LogP contribution is 2.18. The molecular weight excluding hydrogens is 241 g/mol. The van der Waals surface area contributed by atoms with Crippen LogP contribution >= 0.6 is 0 Å². The summed E-state index contributed by atoms with van der Waals surface area (Å²) in [7, 11) is 0. The first-order valence-electron chi connectivity index (χ1n) is 6.19. The van der Waals surface area contributed by atoms with E-state index in [1.807, 2.05) is 25.1 Å². The molecule has 0 amide bonds. The van der Waals surface area contributed by atoms with Crippen molar-refractivity contribution in [2.45, 2.75) is 20.4 Å². The predicted molar refractivity (Wildman–Crippen MR) is 72.5 cm³/mol. The first kappa shape index (κ1) is 11.8. The number of hydrogen-bond acceptors (Lipinski definition) is 2. The lowest BCUT2D eigenvalue weighted by Gasteiger charge is -2.05. The lowest BCUT2D eigenvalue weighted by Crippen LogP contribution is -2.03. The maximum absolute atomic E-state index is 13.7. The van der Waals surface area contributed by atoms with Gasteiger partial charge in [0, 0.05) is 5.56 Å². The fourth-order valence-corrected chi connectivity index (χ4v) is 2.13. The second kappa shape index (κ2) is 4.46. The molecule has 0 aliphatic rings. The number of hydrogen-bond donors (Lipinski definition) is 0. The minimum Gasteiger partial charge on any atom is -0.240 e. The topological polar surface area (TPSA) is 30.7 Å². The monoisotopic (exact) mass is 255 g/mol. The van der Waals surface area contributed by atoms with Gasteiger partial charge in [-0.2, -0.15) is 0 Å². The van der Waals surface area contributed by atoms with Gasteiger partial charge in [0.15, 0.2) is 0 Å². The molecule has 2 aromatic carbocycles. The summed E-state index contributed by atoms with van der Waals surface area (Å²) in [5, 5.41) is 8.25. The van der Waals surface area contributed by atoms with Crippen LogP contribution in [0.1, 0.15) is 16.7 Å². The highest BCUT2D eigenvalue weighted by Gasteiger charge is 2.09. The van der Waals surface area contributed by atoms with Crippen LogP contribution in [0.25, 0.3) is 11.0 Å². The van der Waals surface area contributed by atoms with E-state index in [9.17, 15) is 4.39 Å². The molecule has 0 unspecified atom stereocenters. The van der Waals surface area contributed by atoms with E-state index in [-0.39, 0.29) is 5.82 Å². The van der Waals surface area contributed by atoms with Gasteiger partial charge in [-0.25, -0.2) is 9.07 Å². The van der Waals surface area contributed by atoms with E-state index in [2.05, 4.69) is 17.2 Å². The lowest BCUT2D eigenvalue weighted by molar-refractivity contribution is 0.583. The molecule has 0 bridgehead atoms. The van der Waals surface area contributed by atoms with E-state index in [0.717, 1.165) is 11.0 Å². The van der Waals surface area contributed by atoms with Crippen molar-refractivity contribution in [3.05, 3.63) is 58.9 Å². The lowest BCUT2D eigenvalue weighted by atomic mass is 10.1. The van der Waals surface area contributed by atoms with Gasteiger partial charge in [0.25, 0.3) is 0 Å². The van der Waals surface area contributed by atoms with Crippen LogP contribution in [0.5, 0.6) is 0 Å². The van der Waals surface area contributed by atoms with E-state index in [1.165, 1.54) is 17.2 Å². The molecule has 1 aromatic heterocycles. The van der Waals surface area contributed by atoms with Gasteiger partial charge in [-0.3, -0.25) is 0 Å². The SMILES string of the molecule is Cc1cc2nnn(Cc3ccccc3F)c2cc1C. The van der Waals surface area contributed by atoms with Gasteiger partial charge in [0.1, 0.15) is 11.3 Å². The number of benzene rings is 2. The third kappa shape index (κ3) is 2.10. The third-order valence-electron chi connectivity index (χ3n) is 3.41. The highest BCUT2D eigenvalue weighted by molar-refractivity contribution is 5.76. The van der Waals surface area contributed by atoms with Crippen LogP contribution in [-0.4, -0.2) is 15.0 Å². The van der Waals surface area contributed by atoms with Crippen LogP contribution in [0.15, 0.2) is 36.4 Å². The van der Waals surface area contributed by atoms with E-state index in [4.69, 9.17) is 0 Å². The maximum atomic E-state index is 13.7. The molecule has 3 aromatic rings. The van der Waals surface area contributed by atoms with Crippen LogP contribution < -0.4 is 0 Å². The number of rotatable bonds is 2. The first-order valence-corrected chi connectivity index (χ1v) is 6.19. The average Bonchev–Trinajstić information content (AvgIpc) is 2.76. The number of aryl methyl sites for hydroxylation is 2. The second-order valence-electron chi connectivity index (χ2n) is 4.76. The predicted octanol–water partition coefficient (Wildman–Crippen LogP) is 3.24. The fourth-order valence-electron chi connectivity index (χ4n) is 2.13. The summed E-state index contributed by atoms with van der Waals surface area (Å²) in [5.41, 5.74) is 4.77. The molecule has 3 rings (SSSR count). The molecule has 96 valence electrons. The molecule has 4 heteroatoms. The minimum atomic E-state index is -0.213. The van der Waals surface area contributed by atoms with Crippen LogP contribution in [0, 0.1) is 19.7 Å². The zero-order valence-electron chi connectivity index (χ0n) is 10.9. The highest BCUT2D eigenvalue weighted by atomic mass is 19.1. The average molecular weight is 255 g/mol. The van der Waals surface area contributed by atoms with E-state index in [0.29, 0.717) is 12.1 Å². The van der Waals surface area contributed by atoms with Gasteiger partial charge in [-0.1, -0.05) is 23.4 Å². The van der Waals surface area contributed by atoms with Gasteiger partial charge in [0.05, 0.1) is 12.1 Å². The Kier molecular flexibility index (Phi) is 2.78. The van der Waals surface area contributed by atoms with Crippen LogP contribution in [0.4, 0.5) is 4.39 Å². The summed E-state index contributed by atoms with van der Waals surface area (Å²) in [4.78, 5) is 0. The molecule has 0 saturated heterocycles. The van der Waals surface area contributed by atoms with Gasteiger partial charge >= 0.3 is 0 Å². The largest absolute Gasteiger partial charge is 0.240 e. The van der Waals surface area contributed by atoms with Crippen molar-refractivity contribution in [3.8, 4) is 0 Å². The van der Waals surface area contributed by atoms with Crippen molar-refractivity contribution in [3.63, 3.8) is 0 Å². The van der Waals surface area contributed by atoms with Crippen LogP contribution in [-0.2, 0) is 6.54 Å². The van der Waals surface area contributed by atoms with Gasteiger partial charge in [0.2, 0.25) is 0 Å². The van der Waals surface area contributed by atoms with Crippen molar-refractivity contribution in [1.82, 2.24) is 15.0 Å². The van der Waals surface area contributed by atoms with Crippen LogP contribution in [0.2, 0.25) is 0 Å². The quantitative estimate of drug-likeness (QED) is 0.703. The third-order valence-corrected chi connectivity index (χ3v) is 3.41. The van der Waals surface area contributed by atoms with E-state index < -0.39 is 0 Å². The summed E-state index contributed by atoms with van der Waals surface area (Å²) in [6.45, 7) is 4.49. The number of aromatic nitrogens is 3. The standard InChI is InChI=1S/C15H14FN3/c1-10-7-14-15(8-11(10)2)19(18-17-14)9-12-5-3-4-6-13(12)16/h3-8H,9H2,1-2H3. The van der Waals surface area contributed by atoms with Crippen LogP contribution in [0.3, 0.4) is 0 Å². The Morgan fingerprint density at radius 1 is 1.11 bits per heavy atom. The molecule has 3 nitrogen and oxygen atoms in total. The van der Waals surface area contributed by atoms with Crippen molar-refractivity contribution in [2.75, 3.05) is 0 Å². The number of nitrogens with zero attached hydrogens (tertiary/aromatic N) is 3. The Hall–Kier alpha value is -2.23. The summed E-state index contributed by atoms with van der Waals surface area (Å²) >= 11 is 0. The molecule has 19 heavy (non-hydrogen) atoms. The maximum Gasteiger partial charge on any atom is 0.128 e. The van der Waals surface area contributed by atoms with Gasteiger partial charge in [-0.15, -0.1) is 5.10 Å². The molecular formula is C15H14FN3. The molecule has 0 radical (unpaired) electrons. The minimum absolute atomic E-state index is 0.213. The first-order chi connectivity index (χ1) is 9.15. The molecule has 0 aliphatic heterocycles. The van der Waals surface area contributed by atoms with E-state index in [1.54, 1.807) is 16.8 Å². The molecule has 1 heterocycles. The summed E-state index contributed by atoms with van der Waals surface area (Å²) in [6, 6.07) is 10.8. The Labute approximate surface area is 110 Å². The number of halogens is 1. The molecule has 0 saturated carbocycles. The Bertz CT molecular complexity index is 746. The summed E-state index contributed by atoms with van der Waals surface area (Å²) < 4.78 is 15.4. The molecule has 0 aliphatic carbocycles. The van der Waals surface area contributed by atoms with Gasteiger partial charge < -0.3 is 0 Å².